The Morgan fingerprint density at radius 1 is 1.28 bits per heavy atom. The van der Waals surface area contributed by atoms with E-state index in [9.17, 15) is 4.79 Å². The third-order valence-electron chi connectivity index (χ3n) is 3.25. The summed E-state index contributed by atoms with van der Waals surface area (Å²) in [5.41, 5.74) is 4.69. The third-order valence-corrected chi connectivity index (χ3v) is 3.25. The SMILES string of the molecule is CCOC(=O)Cc1cn(C)c2c(C)ccc(C)c12. The van der Waals surface area contributed by atoms with E-state index in [0.29, 0.717) is 13.0 Å². The van der Waals surface area contributed by atoms with Crippen molar-refractivity contribution in [1.82, 2.24) is 4.57 Å². The van der Waals surface area contributed by atoms with Crippen LogP contribution in [-0.4, -0.2) is 17.1 Å². The number of carbonyl (C=O) groups is 1. The van der Waals surface area contributed by atoms with Crippen LogP contribution in [0.2, 0.25) is 0 Å². The molecule has 0 radical (unpaired) electrons. The smallest absolute Gasteiger partial charge is 0.310 e. The summed E-state index contributed by atoms with van der Waals surface area (Å²) < 4.78 is 7.12. The molecule has 96 valence electrons. The number of nitrogens with zero attached hydrogens (tertiary/aromatic N) is 1. The molecule has 2 rings (SSSR count). The molecule has 3 heteroatoms. The first-order chi connectivity index (χ1) is 8.54. The summed E-state index contributed by atoms with van der Waals surface area (Å²) in [4.78, 5) is 11.6. The molecule has 0 atom stereocenters. The Hall–Kier alpha value is -1.77. The fourth-order valence-corrected chi connectivity index (χ4v) is 2.52. The Morgan fingerprint density at radius 3 is 2.61 bits per heavy atom. The number of rotatable bonds is 3. The van der Waals surface area contributed by atoms with Crippen molar-refractivity contribution in [1.29, 1.82) is 0 Å². The van der Waals surface area contributed by atoms with Gasteiger partial charge in [0, 0.05) is 18.6 Å². The Morgan fingerprint density at radius 2 is 1.94 bits per heavy atom. The van der Waals surface area contributed by atoms with Gasteiger partial charge in [-0.2, -0.15) is 0 Å². The summed E-state index contributed by atoms with van der Waals surface area (Å²) in [5.74, 6) is -0.161. The van der Waals surface area contributed by atoms with Crippen molar-refractivity contribution in [2.45, 2.75) is 27.2 Å². The number of aryl methyl sites for hydroxylation is 3. The number of esters is 1. The summed E-state index contributed by atoms with van der Waals surface area (Å²) in [6.07, 6.45) is 2.37. The van der Waals surface area contributed by atoms with Crippen LogP contribution in [0.4, 0.5) is 0 Å². The highest BCUT2D eigenvalue weighted by molar-refractivity contribution is 5.92. The van der Waals surface area contributed by atoms with Gasteiger partial charge in [0.2, 0.25) is 0 Å². The highest BCUT2D eigenvalue weighted by Gasteiger charge is 2.14. The van der Waals surface area contributed by atoms with Crippen molar-refractivity contribution >= 4 is 16.9 Å². The summed E-state index contributed by atoms with van der Waals surface area (Å²) in [6, 6.07) is 4.22. The van der Waals surface area contributed by atoms with E-state index in [1.54, 1.807) is 0 Å². The number of hydrogen-bond acceptors (Lipinski definition) is 2. The zero-order valence-electron chi connectivity index (χ0n) is 11.4. The zero-order chi connectivity index (χ0) is 13.3. The van der Waals surface area contributed by atoms with Crippen molar-refractivity contribution < 1.29 is 9.53 Å². The fraction of sp³-hybridized carbons (Fsp3) is 0.400. The molecule has 1 heterocycles. The molecule has 1 aromatic heterocycles. The minimum absolute atomic E-state index is 0.161. The van der Waals surface area contributed by atoms with Crippen LogP contribution in [0, 0.1) is 13.8 Å². The first-order valence-electron chi connectivity index (χ1n) is 6.24. The molecule has 0 saturated carbocycles. The highest BCUT2D eigenvalue weighted by Crippen LogP contribution is 2.27. The van der Waals surface area contributed by atoms with Crippen molar-refractivity contribution in [2.24, 2.45) is 7.05 Å². The molecule has 0 N–H and O–H groups in total. The van der Waals surface area contributed by atoms with Crippen LogP contribution in [0.25, 0.3) is 10.9 Å². The average molecular weight is 245 g/mol. The van der Waals surface area contributed by atoms with E-state index >= 15 is 0 Å². The molecule has 0 unspecified atom stereocenters. The van der Waals surface area contributed by atoms with Gasteiger partial charge in [-0.3, -0.25) is 4.79 Å². The second-order valence-corrected chi connectivity index (χ2v) is 4.67. The fourth-order valence-electron chi connectivity index (χ4n) is 2.52. The summed E-state index contributed by atoms with van der Waals surface area (Å²) >= 11 is 0. The van der Waals surface area contributed by atoms with Gasteiger partial charge in [-0.15, -0.1) is 0 Å². The summed E-state index contributed by atoms with van der Waals surface area (Å²) in [6.45, 7) is 6.43. The van der Waals surface area contributed by atoms with Gasteiger partial charge < -0.3 is 9.30 Å². The largest absolute Gasteiger partial charge is 0.466 e. The maximum Gasteiger partial charge on any atom is 0.310 e. The molecule has 0 spiro atoms. The number of aromatic nitrogens is 1. The van der Waals surface area contributed by atoms with Crippen LogP contribution in [-0.2, 0) is 23.0 Å². The molecular formula is C15H19NO2. The monoisotopic (exact) mass is 245 g/mol. The van der Waals surface area contributed by atoms with Gasteiger partial charge in [0.15, 0.2) is 0 Å². The second kappa shape index (κ2) is 4.84. The van der Waals surface area contributed by atoms with Gasteiger partial charge in [0.05, 0.1) is 18.5 Å². The predicted octanol–water partition coefficient (Wildman–Crippen LogP) is 2.90. The summed E-state index contributed by atoms with van der Waals surface area (Å²) in [7, 11) is 2.02. The predicted molar refractivity (Wildman–Crippen MR) is 72.7 cm³/mol. The van der Waals surface area contributed by atoms with Crippen LogP contribution in [0.1, 0.15) is 23.6 Å². The van der Waals surface area contributed by atoms with Gasteiger partial charge in [-0.25, -0.2) is 0 Å². The van der Waals surface area contributed by atoms with Crippen molar-refractivity contribution in [3.8, 4) is 0 Å². The molecule has 0 aliphatic rings. The quantitative estimate of drug-likeness (QED) is 0.779. The van der Waals surface area contributed by atoms with Crippen LogP contribution in [0.5, 0.6) is 0 Å². The van der Waals surface area contributed by atoms with Crippen LogP contribution in [0.15, 0.2) is 18.3 Å². The second-order valence-electron chi connectivity index (χ2n) is 4.67. The third kappa shape index (κ3) is 2.13. The first kappa shape index (κ1) is 12.7. The lowest BCUT2D eigenvalue weighted by molar-refractivity contribution is -0.142. The molecule has 0 fully saturated rings. The van der Waals surface area contributed by atoms with Gasteiger partial charge in [-0.05, 0) is 37.5 Å². The number of ether oxygens (including phenoxy) is 1. The van der Waals surface area contributed by atoms with Crippen LogP contribution < -0.4 is 0 Å². The number of hydrogen-bond donors (Lipinski definition) is 0. The molecule has 0 aliphatic carbocycles. The Bertz CT molecular complexity index is 596. The van der Waals surface area contributed by atoms with E-state index in [4.69, 9.17) is 4.74 Å². The van der Waals surface area contributed by atoms with Gasteiger partial charge in [0.1, 0.15) is 0 Å². The summed E-state index contributed by atoms with van der Waals surface area (Å²) in [5, 5.41) is 1.19. The van der Waals surface area contributed by atoms with E-state index in [1.165, 1.54) is 22.0 Å². The molecule has 0 bridgehead atoms. The maximum atomic E-state index is 11.6. The lowest BCUT2D eigenvalue weighted by Gasteiger charge is -2.05. The van der Waals surface area contributed by atoms with E-state index in [2.05, 4.69) is 30.5 Å². The van der Waals surface area contributed by atoms with Gasteiger partial charge >= 0.3 is 5.97 Å². The number of fused-ring (bicyclic) bond motifs is 1. The van der Waals surface area contributed by atoms with Crippen LogP contribution >= 0.6 is 0 Å². The minimum atomic E-state index is -0.161. The standard InChI is InChI=1S/C15H19NO2/c1-5-18-13(17)8-12-9-16(4)15-11(3)7-6-10(2)14(12)15/h6-7,9H,5,8H2,1-4H3. The molecule has 18 heavy (non-hydrogen) atoms. The van der Waals surface area contributed by atoms with E-state index < -0.39 is 0 Å². The van der Waals surface area contributed by atoms with Crippen molar-refractivity contribution in [3.63, 3.8) is 0 Å². The average Bonchev–Trinajstić information content (AvgIpc) is 2.62. The molecule has 0 aliphatic heterocycles. The highest BCUT2D eigenvalue weighted by atomic mass is 16.5. The van der Waals surface area contributed by atoms with E-state index in [1.807, 2.05) is 20.2 Å². The Balaban J connectivity index is 2.52. The Labute approximate surface area is 107 Å². The van der Waals surface area contributed by atoms with E-state index in [-0.39, 0.29) is 5.97 Å². The minimum Gasteiger partial charge on any atom is -0.466 e. The lowest BCUT2D eigenvalue weighted by atomic mass is 10.0. The lowest BCUT2D eigenvalue weighted by Crippen LogP contribution is -2.07. The normalized spacial score (nSPS) is 10.9. The molecule has 1 aromatic carbocycles. The van der Waals surface area contributed by atoms with Gasteiger partial charge in [-0.1, -0.05) is 12.1 Å². The first-order valence-corrected chi connectivity index (χ1v) is 6.24. The number of carbonyl (C=O) groups excluding carboxylic acids is 1. The molecular weight excluding hydrogens is 226 g/mol. The zero-order valence-corrected chi connectivity index (χ0v) is 11.4. The number of benzene rings is 1. The van der Waals surface area contributed by atoms with Crippen molar-refractivity contribution in [2.75, 3.05) is 6.61 Å². The maximum absolute atomic E-state index is 11.6. The molecule has 2 aromatic rings. The molecule has 3 nitrogen and oxygen atoms in total. The van der Waals surface area contributed by atoms with Crippen LogP contribution in [0.3, 0.4) is 0 Å². The molecule has 0 saturated heterocycles. The van der Waals surface area contributed by atoms with Crippen molar-refractivity contribution in [3.05, 3.63) is 35.0 Å². The molecule has 0 amide bonds. The van der Waals surface area contributed by atoms with E-state index in [0.717, 1.165) is 5.56 Å². The van der Waals surface area contributed by atoms with Gasteiger partial charge in [0.25, 0.3) is 0 Å². The topological polar surface area (TPSA) is 31.2 Å². The Kier molecular flexibility index (Phi) is 3.41.